The number of aromatic hydroxyl groups is 1. The highest BCUT2D eigenvalue weighted by atomic mass is 33.1. The average molecular weight is 1050 g/mol. The van der Waals surface area contributed by atoms with Gasteiger partial charge in [-0.1, -0.05) is 54.0 Å². The summed E-state index contributed by atoms with van der Waals surface area (Å²) in [6.07, 6.45) is -0.813. The summed E-state index contributed by atoms with van der Waals surface area (Å²) >= 11 is 0. The van der Waals surface area contributed by atoms with Crippen molar-refractivity contribution >= 4 is 92.5 Å². The van der Waals surface area contributed by atoms with Gasteiger partial charge in [0, 0.05) is 37.4 Å². The predicted molar refractivity (Wildman–Crippen MR) is 265 cm³/mol. The number of benzene rings is 1. The number of guanidine groups is 1. The Balaban J connectivity index is 2.04. The Kier molecular flexibility index (Phi) is 24.3. The molecule has 29 heteroatoms. The van der Waals surface area contributed by atoms with Gasteiger partial charge < -0.3 is 81.6 Å². The number of nitrogens with one attached hydrogen (secondary N) is 7. The molecule has 398 valence electrons. The number of phenols is 1. The van der Waals surface area contributed by atoms with Crippen LogP contribution in [0.15, 0.2) is 29.3 Å². The number of likely N-dealkylation sites (tertiary alicyclic amines) is 1. The van der Waals surface area contributed by atoms with Gasteiger partial charge >= 0.3 is 0 Å². The highest BCUT2D eigenvalue weighted by Gasteiger charge is 2.41. The Labute approximate surface area is 423 Å². The molecule has 0 unspecified atom stereocenters. The van der Waals surface area contributed by atoms with Crippen LogP contribution in [-0.2, 0) is 59.2 Å². The van der Waals surface area contributed by atoms with Crippen LogP contribution >= 0.6 is 21.6 Å². The number of phenolic OH excluding ortho intramolecular Hbond substituents is 1. The first-order chi connectivity index (χ1) is 34.0. The van der Waals surface area contributed by atoms with E-state index in [0.29, 0.717) is 18.4 Å². The first-order valence-corrected chi connectivity index (χ1v) is 25.6. The molecule has 2 heterocycles. The van der Waals surface area contributed by atoms with Crippen LogP contribution in [0.1, 0.15) is 70.8 Å². The van der Waals surface area contributed by atoms with Gasteiger partial charge in [0.25, 0.3) is 0 Å². The molecule has 9 atom stereocenters. The van der Waals surface area contributed by atoms with Gasteiger partial charge in [-0.15, -0.1) is 0 Å². The molecule has 20 N–H and O–H groups in total. The molecule has 2 aliphatic heterocycles. The zero-order valence-corrected chi connectivity index (χ0v) is 41.7. The number of aliphatic imine (C=N–C) groups is 1. The van der Waals surface area contributed by atoms with E-state index in [1.54, 1.807) is 13.8 Å². The summed E-state index contributed by atoms with van der Waals surface area (Å²) in [5.74, 6) is -10.9. The van der Waals surface area contributed by atoms with E-state index in [-0.39, 0.29) is 62.0 Å². The number of hydrogen-bond acceptors (Lipinski definition) is 16. The van der Waals surface area contributed by atoms with Crippen LogP contribution in [-0.4, -0.2) is 160 Å². The van der Waals surface area contributed by atoms with Gasteiger partial charge in [0.2, 0.25) is 65.0 Å². The maximum atomic E-state index is 14.5. The van der Waals surface area contributed by atoms with Gasteiger partial charge in [-0.05, 0) is 55.7 Å². The van der Waals surface area contributed by atoms with Gasteiger partial charge in [-0.25, -0.2) is 0 Å². The maximum Gasteiger partial charge on any atom is 0.246 e. The van der Waals surface area contributed by atoms with Crippen molar-refractivity contribution in [2.75, 3.05) is 31.1 Å². The maximum absolute atomic E-state index is 14.5. The second kappa shape index (κ2) is 29.5. The van der Waals surface area contributed by atoms with Gasteiger partial charge in [-0.3, -0.25) is 57.7 Å². The topological polar surface area (TPSA) is 464 Å². The summed E-state index contributed by atoms with van der Waals surface area (Å²) in [5, 5.41) is 27.6. The highest BCUT2D eigenvalue weighted by molar-refractivity contribution is 8.76. The lowest BCUT2D eigenvalue weighted by atomic mass is 9.96. The molecule has 72 heavy (non-hydrogen) atoms. The molecule has 3 rings (SSSR count). The SMILES string of the molecule is CC[C@@H](C)[C@@H]1NC(=O)[C@H](Cc2ccc(O)cc2)NC(=O)[C@@H](N)CSSC[C@@H](C(=O)N2CCC[C@H]2C(=O)N[C@@H](CCCN=C(N)N)C(=O)NCC(N)=O)NC(=O)[C@H](CC(N)=O)NC(=O)[C@H](CCC(N)=O)NC1=O. The minimum atomic E-state index is -1.78. The fraction of sp³-hybridized carbons (Fsp3) is 0.581. The molecule has 0 bridgehead atoms. The number of rotatable bonds is 19. The van der Waals surface area contributed by atoms with Crippen LogP contribution in [0.2, 0.25) is 0 Å². The van der Waals surface area contributed by atoms with Crippen molar-refractivity contribution in [1.82, 2.24) is 42.1 Å². The summed E-state index contributed by atoms with van der Waals surface area (Å²) < 4.78 is 0. The monoisotopic (exact) mass is 1050 g/mol. The molecule has 0 aromatic heterocycles. The highest BCUT2D eigenvalue weighted by Crippen LogP contribution is 2.26. The molecule has 11 amide bonds. The Morgan fingerprint density at radius 1 is 0.806 bits per heavy atom. The largest absolute Gasteiger partial charge is 0.508 e. The molecule has 0 saturated carbocycles. The van der Waals surface area contributed by atoms with Crippen LogP contribution in [0.4, 0.5) is 0 Å². The molecule has 1 aromatic carbocycles. The van der Waals surface area contributed by atoms with E-state index >= 15 is 0 Å². The minimum Gasteiger partial charge on any atom is -0.508 e. The summed E-state index contributed by atoms with van der Waals surface area (Å²) in [6.45, 7) is 2.95. The van der Waals surface area contributed by atoms with E-state index in [1.807, 2.05) is 0 Å². The van der Waals surface area contributed by atoms with Crippen molar-refractivity contribution < 1.29 is 57.8 Å². The number of nitrogens with two attached hydrogens (primary N) is 6. The molecular formula is C43H67N15O12S2. The molecule has 27 nitrogen and oxygen atoms in total. The van der Waals surface area contributed by atoms with E-state index in [2.05, 4.69) is 42.2 Å². The molecule has 1 aromatic rings. The number of carbonyl (C=O) groups excluding carboxylic acids is 11. The Hall–Kier alpha value is -6.88. The lowest BCUT2D eigenvalue weighted by Gasteiger charge is -2.31. The lowest BCUT2D eigenvalue weighted by Crippen LogP contribution is -2.61. The number of carbonyl (C=O) groups is 11. The van der Waals surface area contributed by atoms with Crippen molar-refractivity contribution in [3.63, 3.8) is 0 Å². The number of amides is 11. The van der Waals surface area contributed by atoms with Crippen LogP contribution in [0.3, 0.4) is 0 Å². The van der Waals surface area contributed by atoms with Gasteiger partial charge in [0.05, 0.1) is 19.0 Å². The van der Waals surface area contributed by atoms with Crippen molar-refractivity contribution in [2.24, 2.45) is 45.3 Å². The van der Waals surface area contributed by atoms with Crippen LogP contribution in [0.25, 0.3) is 0 Å². The van der Waals surface area contributed by atoms with Crippen LogP contribution in [0.5, 0.6) is 5.75 Å². The number of primary amides is 3. The zero-order valence-electron chi connectivity index (χ0n) is 40.0. The molecule has 2 fully saturated rings. The van der Waals surface area contributed by atoms with Gasteiger partial charge in [0.1, 0.15) is 48.0 Å². The summed E-state index contributed by atoms with van der Waals surface area (Å²) in [4.78, 5) is 152. The van der Waals surface area contributed by atoms with E-state index in [0.717, 1.165) is 21.6 Å². The Morgan fingerprint density at radius 2 is 1.43 bits per heavy atom. The summed E-state index contributed by atoms with van der Waals surface area (Å²) in [6, 6.07) is -5.40. The molecule has 0 aliphatic carbocycles. The first-order valence-electron chi connectivity index (χ1n) is 23.1. The first kappa shape index (κ1) is 59.4. The molecule has 0 spiro atoms. The predicted octanol–water partition coefficient (Wildman–Crippen LogP) is -5.60. The molecule has 0 radical (unpaired) electrons. The standard InChI is InChI=1S/C43H67N15O12S2/c1-3-21(2)34-41(69)53-26(12-13-31(45)60)37(65)55-28(17-32(46)61)38(66)56-29(20-72-71-19-24(44)35(63)54-27(39(67)57-34)16-22-8-10-23(59)11-9-22)42(70)58-15-5-7-30(58)40(68)52-25(6-4-14-50-43(48)49)36(64)51-18-33(47)62/h8-11,21,24-30,34,59H,3-7,12-20,44H2,1-2H3,(H2,45,60)(H2,46,61)(H2,47,62)(H,51,64)(H,52,68)(H,53,69)(H,54,63)(H,55,65)(H,56,66)(H,57,67)(H4,48,49,50)/t21-,24+,25+,26+,27+,28+,29+,30+,34+/m1/s1. The summed E-state index contributed by atoms with van der Waals surface area (Å²) in [5.41, 5.74) is 33.7. The van der Waals surface area contributed by atoms with Crippen molar-refractivity contribution in [3.8, 4) is 5.75 Å². The Bertz CT molecular complexity index is 2170. The summed E-state index contributed by atoms with van der Waals surface area (Å²) in [7, 11) is 2.00. The van der Waals surface area contributed by atoms with Gasteiger partial charge in [-0.2, -0.15) is 0 Å². The molecule has 2 saturated heterocycles. The molecular weight excluding hydrogens is 983 g/mol. The number of nitrogens with zero attached hydrogens (tertiary/aromatic N) is 2. The smallest absolute Gasteiger partial charge is 0.246 e. The zero-order chi connectivity index (χ0) is 53.7. The van der Waals surface area contributed by atoms with E-state index in [1.165, 1.54) is 29.2 Å². The van der Waals surface area contributed by atoms with Crippen molar-refractivity contribution in [2.45, 2.75) is 120 Å². The van der Waals surface area contributed by atoms with Crippen LogP contribution < -0.4 is 71.6 Å². The second-order valence-corrected chi connectivity index (χ2v) is 19.8. The normalized spacial score (nSPS) is 23.6. The third-order valence-electron chi connectivity index (χ3n) is 11.5. The van der Waals surface area contributed by atoms with Crippen LogP contribution in [0, 0.1) is 5.92 Å². The Morgan fingerprint density at radius 3 is 2.06 bits per heavy atom. The van der Waals surface area contributed by atoms with Crippen molar-refractivity contribution in [3.05, 3.63) is 29.8 Å². The van der Waals surface area contributed by atoms with E-state index in [4.69, 9.17) is 34.4 Å². The fourth-order valence-corrected chi connectivity index (χ4v) is 9.69. The van der Waals surface area contributed by atoms with Gasteiger partial charge in [0.15, 0.2) is 5.96 Å². The molecule has 2 aliphatic rings. The quantitative estimate of drug-likeness (QED) is 0.0266. The van der Waals surface area contributed by atoms with E-state index in [9.17, 15) is 57.8 Å². The fourth-order valence-electron chi connectivity index (χ4n) is 7.41. The second-order valence-electron chi connectivity index (χ2n) is 17.2. The third kappa shape index (κ3) is 19.7. The average Bonchev–Trinajstić information content (AvgIpc) is 3.82. The third-order valence-corrected chi connectivity index (χ3v) is 14.0. The number of hydrogen-bond donors (Lipinski definition) is 14. The van der Waals surface area contributed by atoms with E-state index < -0.39 is 145 Å². The minimum absolute atomic E-state index is 0.00520. The lowest BCUT2D eigenvalue weighted by molar-refractivity contribution is -0.142. The van der Waals surface area contributed by atoms with Crippen molar-refractivity contribution in [1.29, 1.82) is 0 Å².